The molecule has 0 bridgehead atoms. The van der Waals surface area contributed by atoms with Crippen molar-refractivity contribution in [1.29, 1.82) is 0 Å². The second-order valence-corrected chi connectivity index (χ2v) is 37.5. The molecule has 3 aromatic carbocycles. The lowest BCUT2D eigenvalue weighted by Gasteiger charge is -2.45. The van der Waals surface area contributed by atoms with Crippen LogP contribution in [0.5, 0.6) is 0 Å². The van der Waals surface area contributed by atoms with E-state index in [9.17, 15) is 0 Å². The van der Waals surface area contributed by atoms with Gasteiger partial charge >= 0.3 is 0 Å². The Hall–Kier alpha value is -3.02. The summed E-state index contributed by atoms with van der Waals surface area (Å²) in [5.41, 5.74) is 8.84. The molecule has 0 N–H and O–H groups in total. The van der Waals surface area contributed by atoms with Crippen molar-refractivity contribution in [3.05, 3.63) is 95.1 Å². The zero-order valence-corrected chi connectivity index (χ0v) is 70.2. The standard InChI is InChI=1S/2C11H21N.C11H15N.C11H21N.C11H15N.2C10H19N.C10H13N.C9H17N.CH4/c1-9-7-10-5-3-4-6-11(10)8-12(9)2;2*1-9-11-6-4-3-5-10(11)7-8-12(9)2;2*1-9-7-8-10-5-3-4-6-11(10)12(9)2;3*1-8-7-9-5-3-4-6-10(9)11(8)2;1-7-6-8-4-3-5-9(8)10(7)2;/h2*9-11H,3-8H2,1-2H3;3-6,9H,7-8H2,1-2H3;9-11H,3-8H2,1-2H3;3-6,9H,7-8H2,1-2H3;2*8-10H,3-7H2,1-2H3;3-6,8H,7H2,1-2H3;7-9H,3-6H2,1-2H3;1H4. The predicted molar refractivity (Wildman–Crippen MR) is 453 cm³/mol. The topological polar surface area (TPSA) is 29.2 Å². The van der Waals surface area contributed by atoms with Crippen LogP contribution in [0.25, 0.3) is 0 Å². The molecule has 9 heterocycles. The first-order chi connectivity index (χ1) is 49.6. The molecule has 15 aliphatic rings. The molecule has 9 heteroatoms. The van der Waals surface area contributed by atoms with Crippen LogP contribution in [0.2, 0.25) is 0 Å². The molecule has 0 amide bonds. The van der Waals surface area contributed by atoms with Crippen LogP contribution in [0.3, 0.4) is 0 Å². The van der Waals surface area contributed by atoms with Gasteiger partial charge in [0.15, 0.2) is 0 Å². The van der Waals surface area contributed by atoms with Gasteiger partial charge in [-0.15, -0.1) is 0 Å². The summed E-state index contributed by atoms with van der Waals surface area (Å²) >= 11 is 0. The predicted octanol–water partition coefficient (Wildman–Crippen LogP) is 21.5. The Morgan fingerprint density at radius 3 is 1.28 bits per heavy atom. The zero-order chi connectivity index (χ0) is 73.4. The normalized spacial score (nSPS) is 37.2. The average molecular weight is 1430 g/mol. The van der Waals surface area contributed by atoms with Gasteiger partial charge < -0.3 is 39.2 Å². The van der Waals surface area contributed by atoms with Crippen molar-refractivity contribution < 1.29 is 0 Å². The molecule has 6 saturated heterocycles. The highest BCUT2D eigenvalue weighted by Crippen LogP contribution is 2.44. The second kappa shape index (κ2) is 41.3. The quantitative estimate of drug-likeness (QED) is 0.218. The molecular weight excluding hydrogens is 1270 g/mol. The zero-order valence-electron chi connectivity index (χ0n) is 70.2. The van der Waals surface area contributed by atoms with Gasteiger partial charge in [0.2, 0.25) is 0 Å². The fourth-order valence-corrected chi connectivity index (χ4v) is 23.3. The van der Waals surface area contributed by atoms with Crippen LogP contribution in [0.1, 0.15) is 297 Å². The molecule has 104 heavy (non-hydrogen) atoms. The highest BCUT2D eigenvalue weighted by atomic mass is 15.2. The van der Waals surface area contributed by atoms with Gasteiger partial charge in [-0.05, 0) is 335 Å². The lowest BCUT2D eigenvalue weighted by molar-refractivity contribution is 0.0447. The number of piperidine rings is 3. The summed E-state index contributed by atoms with van der Waals surface area (Å²) in [4.78, 5) is 22.6. The third kappa shape index (κ3) is 22.2. The van der Waals surface area contributed by atoms with E-state index in [1.807, 2.05) is 0 Å². The Kier molecular flexibility index (Phi) is 33.8. The van der Waals surface area contributed by atoms with E-state index >= 15 is 0 Å². The smallest absolute Gasteiger partial charge is 0.0399 e. The maximum atomic E-state index is 2.63. The molecule has 0 radical (unpaired) electrons. The summed E-state index contributed by atoms with van der Waals surface area (Å²) in [6.45, 7) is 25.0. The van der Waals surface area contributed by atoms with Gasteiger partial charge in [0, 0.05) is 117 Å². The minimum atomic E-state index is 0. The number of likely N-dealkylation sites (tertiary alicyclic amines) is 6. The highest BCUT2D eigenvalue weighted by molar-refractivity contribution is 5.58. The SMILES string of the molecule is C.CC1C2CCCCC2CCN1C.CC1CC2CCCC2N1C.CC1CC2CCCCC2CN1C.CC1CC2CCCCC2N1C.CC1CC2CCCCC2N1C.CC1CCC2CCCCC2N1C.CC1CCc2ccccc2N1C.CC1Cc2ccccc2N1C.CC1c2ccccc2CCN1C. The lowest BCUT2D eigenvalue weighted by Crippen LogP contribution is -2.48. The molecule has 0 aromatic heterocycles. The number of aryl methyl sites for hydroxylation is 1. The molecule has 9 nitrogen and oxygen atoms in total. The first-order valence-corrected chi connectivity index (χ1v) is 44.3. The van der Waals surface area contributed by atoms with Crippen molar-refractivity contribution in [3.63, 3.8) is 0 Å². The van der Waals surface area contributed by atoms with E-state index < -0.39 is 0 Å². The monoisotopic (exact) mass is 1430 g/mol. The Morgan fingerprint density at radius 2 is 0.712 bits per heavy atom. The van der Waals surface area contributed by atoms with E-state index in [2.05, 4.69) is 243 Å². The first-order valence-electron chi connectivity index (χ1n) is 44.3. The van der Waals surface area contributed by atoms with Crippen molar-refractivity contribution in [2.24, 2.45) is 47.3 Å². The maximum Gasteiger partial charge on any atom is 0.0399 e. The van der Waals surface area contributed by atoms with Crippen molar-refractivity contribution in [1.82, 2.24) is 34.3 Å². The number of nitrogens with zero attached hydrogens (tertiary/aromatic N) is 9. The summed E-state index contributed by atoms with van der Waals surface area (Å²) in [5, 5.41) is 0. The van der Waals surface area contributed by atoms with Crippen molar-refractivity contribution in [2.45, 2.75) is 367 Å². The number of para-hydroxylation sites is 2. The van der Waals surface area contributed by atoms with Crippen LogP contribution in [0.15, 0.2) is 72.8 Å². The van der Waals surface area contributed by atoms with Crippen molar-refractivity contribution >= 4 is 11.4 Å². The van der Waals surface area contributed by atoms with Gasteiger partial charge in [0.1, 0.15) is 0 Å². The number of benzene rings is 3. The number of anilines is 2. The minimum absolute atomic E-state index is 0. The third-order valence-electron chi connectivity index (χ3n) is 31.4. The van der Waals surface area contributed by atoms with Crippen molar-refractivity contribution in [2.75, 3.05) is 92.9 Å². The first kappa shape index (κ1) is 85.0. The Labute approximate surface area is 643 Å². The molecule has 6 aliphatic carbocycles. The fourth-order valence-electron chi connectivity index (χ4n) is 23.3. The third-order valence-corrected chi connectivity index (χ3v) is 31.4. The van der Waals surface area contributed by atoms with Gasteiger partial charge in [-0.25, -0.2) is 0 Å². The number of likely N-dealkylation sites (N-methyl/N-ethyl adjacent to an activating group) is 2. The second-order valence-electron chi connectivity index (χ2n) is 37.5. The Bertz CT molecular complexity index is 2760. The van der Waals surface area contributed by atoms with Gasteiger partial charge in [-0.3, -0.25) is 4.90 Å². The number of hydrogen-bond acceptors (Lipinski definition) is 9. The van der Waals surface area contributed by atoms with Crippen molar-refractivity contribution in [3.8, 4) is 0 Å². The summed E-state index contributed by atoms with van der Waals surface area (Å²) in [6.07, 6.45) is 49.4. The molecule has 9 aliphatic heterocycles. The van der Waals surface area contributed by atoms with E-state index in [0.29, 0.717) is 18.1 Å². The van der Waals surface area contributed by atoms with Crippen LogP contribution < -0.4 is 9.80 Å². The van der Waals surface area contributed by atoms with E-state index in [1.165, 1.54) is 272 Å². The summed E-state index contributed by atoms with van der Waals surface area (Å²) in [7, 11) is 20.3. The molecule has 590 valence electrons. The summed E-state index contributed by atoms with van der Waals surface area (Å²) < 4.78 is 0. The van der Waals surface area contributed by atoms with Crippen LogP contribution in [-0.2, 0) is 19.3 Å². The highest BCUT2D eigenvalue weighted by Gasteiger charge is 2.42. The maximum absolute atomic E-state index is 2.63. The average Bonchev–Trinajstić information content (AvgIpc) is 1.68. The van der Waals surface area contributed by atoms with E-state index in [0.717, 1.165) is 108 Å². The number of hydrogen-bond donors (Lipinski definition) is 0. The summed E-state index contributed by atoms with van der Waals surface area (Å²) in [6, 6.07) is 36.9. The molecular formula is C95H165N9. The van der Waals surface area contributed by atoms with Crippen LogP contribution >= 0.6 is 0 Å². The van der Waals surface area contributed by atoms with Gasteiger partial charge in [0.25, 0.3) is 0 Å². The van der Waals surface area contributed by atoms with E-state index in [-0.39, 0.29) is 7.43 Å². The van der Waals surface area contributed by atoms with E-state index in [4.69, 9.17) is 0 Å². The molecule has 6 saturated carbocycles. The Morgan fingerprint density at radius 1 is 0.288 bits per heavy atom. The van der Waals surface area contributed by atoms with Gasteiger partial charge in [-0.2, -0.15) is 0 Å². The number of fused-ring (bicyclic) bond motifs is 9. The number of rotatable bonds is 0. The molecule has 0 spiro atoms. The fraction of sp³-hybridized carbons (Fsp3) is 0.811. The van der Waals surface area contributed by atoms with Crippen LogP contribution in [0.4, 0.5) is 11.4 Å². The minimum Gasteiger partial charge on any atom is -0.372 e. The van der Waals surface area contributed by atoms with E-state index in [1.54, 1.807) is 0 Å². The molecule has 21 unspecified atom stereocenters. The lowest BCUT2D eigenvalue weighted by atomic mass is 9.71. The molecule has 18 rings (SSSR count). The molecule has 12 fully saturated rings. The van der Waals surface area contributed by atoms with Crippen LogP contribution in [0, 0.1) is 47.3 Å². The van der Waals surface area contributed by atoms with Gasteiger partial charge in [-0.1, -0.05) is 152 Å². The molecule has 3 aromatic rings. The molecule has 21 atom stereocenters. The largest absolute Gasteiger partial charge is 0.372 e. The summed E-state index contributed by atoms with van der Waals surface area (Å²) in [5.74, 6) is 8.40. The van der Waals surface area contributed by atoms with Crippen LogP contribution in [-0.4, -0.2) is 190 Å². The Balaban J connectivity index is 0.000000136. The van der Waals surface area contributed by atoms with Gasteiger partial charge in [0.05, 0.1) is 0 Å².